The van der Waals surface area contributed by atoms with Crippen molar-refractivity contribution in [1.82, 2.24) is 0 Å². The number of hydrogen-bond acceptors (Lipinski definition) is 1. The molecule has 0 bridgehead atoms. The van der Waals surface area contributed by atoms with Gasteiger partial charge >= 0.3 is 5.97 Å². The van der Waals surface area contributed by atoms with E-state index in [-0.39, 0.29) is 5.92 Å². The van der Waals surface area contributed by atoms with Gasteiger partial charge in [-0.2, -0.15) is 0 Å². The van der Waals surface area contributed by atoms with E-state index in [0.29, 0.717) is 0 Å². The number of aliphatic carboxylic acids is 1. The van der Waals surface area contributed by atoms with Crippen LogP contribution in [0.3, 0.4) is 0 Å². The highest BCUT2D eigenvalue weighted by Gasteiger charge is 2.25. The molecule has 1 atom stereocenters. The molecule has 100 valence electrons. The van der Waals surface area contributed by atoms with E-state index in [9.17, 15) is 4.79 Å². The molecular weight excluding hydrogens is 212 g/mol. The van der Waals surface area contributed by atoms with E-state index in [0.717, 1.165) is 37.5 Å². The predicted octanol–water partition coefficient (Wildman–Crippen LogP) is 4.48. The van der Waals surface area contributed by atoms with Crippen LogP contribution in [-0.2, 0) is 4.79 Å². The molecule has 2 heteroatoms. The van der Waals surface area contributed by atoms with E-state index in [4.69, 9.17) is 5.11 Å². The van der Waals surface area contributed by atoms with Crippen molar-refractivity contribution >= 4 is 5.97 Å². The van der Waals surface area contributed by atoms with Crippen LogP contribution in [0, 0.1) is 17.8 Å². The SMILES string of the molecule is CCC(C)CCCCC1CCC(C(=O)O)CC1. The quantitative estimate of drug-likeness (QED) is 0.666. The standard InChI is InChI=1S/C15H28O2/c1-3-12(2)6-4-5-7-13-8-10-14(11-9-13)15(16)17/h12-14H,3-11H2,1-2H3,(H,16,17). The largest absolute Gasteiger partial charge is 0.481 e. The van der Waals surface area contributed by atoms with Crippen molar-refractivity contribution in [2.24, 2.45) is 17.8 Å². The van der Waals surface area contributed by atoms with E-state index in [2.05, 4.69) is 13.8 Å². The molecule has 0 saturated heterocycles. The van der Waals surface area contributed by atoms with Crippen LogP contribution in [0.15, 0.2) is 0 Å². The van der Waals surface area contributed by atoms with Crippen LogP contribution < -0.4 is 0 Å². The lowest BCUT2D eigenvalue weighted by molar-refractivity contribution is -0.143. The molecule has 1 aliphatic rings. The monoisotopic (exact) mass is 240 g/mol. The zero-order chi connectivity index (χ0) is 12.7. The molecule has 0 radical (unpaired) electrons. The summed E-state index contributed by atoms with van der Waals surface area (Å²) in [5.74, 6) is 1.05. The molecule has 1 rings (SSSR count). The molecule has 1 unspecified atom stereocenters. The second-order valence-corrected chi connectivity index (χ2v) is 5.85. The van der Waals surface area contributed by atoms with Gasteiger partial charge in [0.25, 0.3) is 0 Å². The molecule has 1 aliphatic carbocycles. The summed E-state index contributed by atoms with van der Waals surface area (Å²) in [6.07, 6.45) is 10.8. The maximum Gasteiger partial charge on any atom is 0.306 e. The second kappa shape index (κ2) is 7.73. The van der Waals surface area contributed by atoms with Gasteiger partial charge < -0.3 is 5.11 Å². The van der Waals surface area contributed by atoms with Gasteiger partial charge in [0.15, 0.2) is 0 Å². The van der Waals surface area contributed by atoms with Crippen LogP contribution in [0.1, 0.15) is 71.6 Å². The Morgan fingerprint density at radius 3 is 2.41 bits per heavy atom. The molecule has 0 amide bonds. The van der Waals surface area contributed by atoms with Crippen LogP contribution in [0.2, 0.25) is 0 Å². The average molecular weight is 240 g/mol. The molecular formula is C15H28O2. The summed E-state index contributed by atoms with van der Waals surface area (Å²) in [7, 11) is 0. The van der Waals surface area contributed by atoms with E-state index in [1.54, 1.807) is 0 Å². The Kier molecular flexibility index (Phi) is 6.61. The van der Waals surface area contributed by atoms with Gasteiger partial charge in [0.1, 0.15) is 0 Å². The van der Waals surface area contributed by atoms with Crippen LogP contribution in [0.25, 0.3) is 0 Å². The van der Waals surface area contributed by atoms with Gasteiger partial charge in [0, 0.05) is 0 Å². The van der Waals surface area contributed by atoms with Gasteiger partial charge in [0.2, 0.25) is 0 Å². The molecule has 2 nitrogen and oxygen atoms in total. The first-order valence-electron chi connectivity index (χ1n) is 7.36. The Hall–Kier alpha value is -0.530. The molecule has 0 aromatic heterocycles. The molecule has 17 heavy (non-hydrogen) atoms. The first-order valence-corrected chi connectivity index (χ1v) is 7.36. The number of unbranched alkanes of at least 4 members (excludes halogenated alkanes) is 1. The minimum atomic E-state index is -0.583. The summed E-state index contributed by atoms with van der Waals surface area (Å²) in [5, 5.41) is 8.93. The Bertz CT molecular complexity index is 217. The summed E-state index contributed by atoms with van der Waals surface area (Å²) in [4.78, 5) is 10.8. The van der Waals surface area contributed by atoms with Crippen molar-refractivity contribution in [2.75, 3.05) is 0 Å². The Balaban J connectivity index is 2.04. The van der Waals surface area contributed by atoms with E-state index in [1.807, 2.05) is 0 Å². The maximum absolute atomic E-state index is 10.8. The van der Waals surface area contributed by atoms with Gasteiger partial charge in [-0.1, -0.05) is 46.0 Å². The molecule has 0 aromatic carbocycles. The van der Waals surface area contributed by atoms with Crippen LogP contribution in [0.4, 0.5) is 0 Å². The predicted molar refractivity (Wildman–Crippen MR) is 71.0 cm³/mol. The van der Waals surface area contributed by atoms with Gasteiger partial charge in [-0.05, 0) is 37.5 Å². The Labute approximate surface area is 106 Å². The highest BCUT2D eigenvalue weighted by Crippen LogP contribution is 2.32. The van der Waals surface area contributed by atoms with Crippen molar-refractivity contribution in [2.45, 2.75) is 71.6 Å². The number of carboxylic acids is 1. The summed E-state index contributed by atoms with van der Waals surface area (Å²) >= 11 is 0. The normalized spacial score (nSPS) is 26.7. The maximum atomic E-state index is 10.8. The third kappa shape index (κ3) is 5.56. The fourth-order valence-corrected chi connectivity index (χ4v) is 2.83. The summed E-state index contributed by atoms with van der Waals surface area (Å²) in [6.45, 7) is 4.59. The van der Waals surface area contributed by atoms with Crippen molar-refractivity contribution in [3.63, 3.8) is 0 Å². The van der Waals surface area contributed by atoms with E-state index >= 15 is 0 Å². The Morgan fingerprint density at radius 1 is 1.24 bits per heavy atom. The zero-order valence-electron chi connectivity index (χ0n) is 11.5. The molecule has 0 aromatic rings. The first-order chi connectivity index (χ1) is 8.13. The minimum Gasteiger partial charge on any atom is -0.481 e. The highest BCUT2D eigenvalue weighted by molar-refractivity contribution is 5.69. The topological polar surface area (TPSA) is 37.3 Å². The molecule has 0 aliphatic heterocycles. The van der Waals surface area contributed by atoms with Crippen molar-refractivity contribution < 1.29 is 9.90 Å². The van der Waals surface area contributed by atoms with Crippen molar-refractivity contribution in [3.05, 3.63) is 0 Å². The zero-order valence-corrected chi connectivity index (χ0v) is 11.5. The van der Waals surface area contributed by atoms with Crippen LogP contribution in [-0.4, -0.2) is 11.1 Å². The van der Waals surface area contributed by atoms with Gasteiger partial charge in [-0.25, -0.2) is 0 Å². The minimum absolute atomic E-state index is 0.0497. The number of rotatable bonds is 7. The van der Waals surface area contributed by atoms with E-state index < -0.39 is 5.97 Å². The van der Waals surface area contributed by atoms with Gasteiger partial charge in [-0.15, -0.1) is 0 Å². The third-order valence-electron chi connectivity index (χ3n) is 4.45. The van der Waals surface area contributed by atoms with Crippen LogP contribution >= 0.6 is 0 Å². The smallest absolute Gasteiger partial charge is 0.306 e. The molecule has 0 heterocycles. The summed E-state index contributed by atoms with van der Waals surface area (Å²) in [6, 6.07) is 0. The number of hydrogen-bond donors (Lipinski definition) is 1. The van der Waals surface area contributed by atoms with E-state index in [1.165, 1.54) is 32.1 Å². The Morgan fingerprint density at radius 2 is 1.88 bits per heavy atom. The lowest BCUT2D eigenvalue weighted by Gasteiger charge is -2.26. The highest BCUT2D eigenvalue weighted by atomic mass is 16.4. The first kappa shape index (κ1) is 14.5. The lowest BCUT2D eigenvalue weighted by atomic mass is 9.79. The molecule has 1 saturated carbocycles. The average Bonchev–Trinajstić information content (AvgIpc) is 2.34. The van der Waals surface area contributed by atoms with Crippen molar-refractivity contribution in [3.8, 4) is 0 Å². The fourth-order valence-electron chi connectivity index (χ4n) is 2.83. The van der Waals surface area contributed by atoms with Gasteiger partial charge in [-0.3, -0.25) is 4.79 Å². The molecule has 1 fully saturated rings. The summed E-state index contributed by atoms with van der Waals surface area (Å²) < 4.78 is 0. The second-order valence-electron chi connectivity index (χ2n) is 5.85. The van der Waals surface area contributed by atoms with Gasteiger partial charge in [0.05, 0.1) is 5.92 Å². The number of carboxylic acid groups (broad SMARTS) is 1. The lowest BCUT2D eigenvalue weighted by Crippen LogP contribution is -2.21. The van der Waals surface area contributed by atoms with Crippen molar-refractivity contribution in [1.29, 1.82) is 0 Å². The summed E-state index contributed by atoms with van der Waals surface area (Å²) in [5.41, 5.74) is 0. The van der Waals surface area contributed by atoms with Crippen LogP contribution in [0.5, 0.6) is 0 Å². The number of carbonyl (C=O) groups is 1. The molecule has 1 N–H and O–H groups in total. The molecule has 0 spiro atoms. The fraction of sp³-hybridized carbons (Fsp3) is 0.933. The third-order valence-corrected chi connectivity index (χ3v) is 4.45.